The van der Waals surface area contributed by atoms with Gasteiger partial charge < -0.3 is 5.73 Å². The summed E-state index contributed by atoms with van der Waals surface area (Å²) in [7, 11) is 0. The Morgan fingerprint density at radius 3 is 2.64 bits per heavy atom. The molecule has 2 heterocycles. The van der Waals surface area contributed by atoms with Gasteiger partial charge in [-0.15, -0.1) is 0 Å². The maximum atomic E-state index is 5.98. The maximum absolute atomic E-state index is 5.98. The van der Waals surface area contributed by atoms with Crippen LogP contribution in [0.15, 0.2) is 36.8 Å². The smallest absolute Gasteiger partial charge is 0.0522 e. The summed E-state index contributed by atoms with van der Waals surface area (Å²) in [5, 5.41) is 6.73. The minimum absolute atomic E-state index is 0.0279. The fourth-order valence-electron chi connectivity index (χ4n) is 1.36. The lowest BCUT2D eigenvalue weighted by Gasteiger charge is -2.08. The van der Waals surface area contributed by atoms with Gasteiger partial charge in [0.1, 0.15) is 0 Å². The number of nitrogens with one attached hydrogen (secondary N) is 1. The summed E-state index contributed by atoms with van der Waals surface area (Å²) in [6.45, 7) is 0. The molecule has 2 rings (SSSR count). The molecule has 1 unspecified atom stereocenters. The van der Waals surface area contributed by atoms with Crippen LogP contribution in [0.2, 0.25) is 0 Å². The Labute approximate surface area is 82.2 Å². The van der Waals surface area contributed by atoms with Crippen molar-refractivity contribution in [1.82, 2.24) is 15.2 Å². The summed E-state index contributed by atoms with van der Waals surface area (Å²) in [5.74, 6) is 0. The molecular formula is C10H12N4. The lowest BCUT2D eigenvalue weighted by atomic mass is 10.1. The molecule has 14 heavy (non-hydrogen) atoms. The second-order valence-corrected chi connectivity index (χ2v) is 3.18. The normalized spacial score (nSPS) is 12.6. The fourth-order valence-corrected chi connectivity index (χ4v) is 1.36. The zero-order valence-electron chi connectivity index (χ0n) is 7.72. The van der Waals surface area contributed by atoms with E-state index in [1.165, 1.54) is 5.56 Å². The van der Waals surface area contributed by atoms with Crippen LogP contribution in [0.4, 0.5) is 0 Å². The van der Waals surface area contributed by atoms with E-state index in [9.17, 15) is 0 Å². The minimum Gasteiger partial charge on any atom is -0.322 e. The van der Waals surface area contributed by atoms with E-state index in [2.05, 4.69) is 15.2 Å². The topological polar surface area (TPSA) is 67.6 Å². The molecule has 0 saturated carbocycles. The highest BCUT2D eigenvalue weighted by Gasteiger charge is 2.07. The van der Waals surface area contributed by atoms with Gasteiger partial charge in [-0.25, -0.2) is 0 Å². The average Bonchev–Trinajstić information content (AvgIpc) is 2.72. The number of pyridine rings is 1. The molecule has 1 atom stereocenters. The third kappa shape index (κ3) is 1.97. The molecule has 0 amide bonds. The Bertz CT molecular complexity index is 368. The lowest BCUT2D eigenvalue weighted by Crippen LogP contribution is -2.13. The van der Waals surface area contributed by atoms with Crippen molar-refractivity contribution in [2.24, 2.45) is 5.73 Å². The van der Waals surface area contributed by atoms with Crippen LogP contribution in [-0.2, 0) is 6.42 Å². The van der Waals surface area contributed by atoms with Crippen LogP contribution in [0.1, 0.15) is 17.3 Å². The van der Waals surface area contributed by atoms with Crippen LogP contribution in [0, 0.1) is 0 Å². The number of hydrogen-bond acceptors (Lipinski definition) is 3. The molecule has 4 heteroatoms. The molecule has 3 N–H and O–H groups in total. The van der Waals surface area contributed by atoms with Gasteiger partial charge in [0.15, 0.2) is 0 Å². The van der Waals surface area contributed by atoms with Gasteiger partial charge >= 0.3 is 0 Å². The first-order valence-corrected chi connectivity index (χ1v) is 4.50. The number of hydrogen-bond donors (Lipinski definition) is 2. The quantitative estimate of drug-likeness (QED) is 0.756. The van der Waals surface area contributed by atoms with Crippen molar-refractivity contribution >= 4 is 0 Å². The second-order valence-electron chi connectivity index (χ2n) is 3.18. The Kier molecular flexibility index (Phi) is 2.55. The van der Waals surface area contributed by atoms with Crippen molar-refractivity contribution in [3.8, 4) is 0 Å². The molecule has 0 aliphatic carbocycles. The average molecular weight is 188 g/mol. The predicted octanol–water partition coefficient (Wildman–Crippen LogP) is 1.05. The Morgan fingerprint density at radius 1 is 1.21 bits per heavy atom. The molecular weight excluding hydrogens is 176 g/mol. The van der Waals surface area contributed by atoms with E-state index in [-0.39, 0.29) is 6.04 Å². The van der Waals surface area contributed by atoms with Gasteiger partial charge in [0.2, 0.25) is 0 Å². The number of H-pyrrole nitrogens is 1. The van der Waals surface area contributed by atoms with Crippen molar-refractivity contribution in [2.75, 3.05) is 0 Å². The van der Waals surface area contributed by atoms with Gasteiger partial charge in [0.05, 0.1) is 11.7 Å². The third-order valence-corrected chi connectivity index (χ3v) is 2.13. The van der Waals surface area contributed by atoms with Crippen molar-refractivity contribution in [3.63, 3.8) is 0 Å². The van der Waals surface area contributed by atoms with E-state index in [0.29, 0.717) is 0 Å². The molecule has 0 aliphatic rings. The van der Waals surface area contributed by atoms with Gasteiger partial charge in [-0.05, 0) is 30.2 Å². The van der Waals surface area contributed by atoms with E-state index in [0.717, 1.165) is 12.1 Å². The number of aromatic amines is 1. The largest absolute Gasteiger partial charge is 0.322 e. The summed E-state index contributed by atoms with van der Waals surface area (Å²) in [6, 6.07) is 5.80. The van der Waals surface area contributed by atoms with E-state index in [1.807, 2.05) is 18.2 Å². The SMILES string of the molecule is NC(Cc1ccncc1)c1ccn[nH]1. The highest BCUT2D eigenvalue weighted by Crippen LogP contribution is 2.12. The standard InChI is InChI=1S/C10H12N4/c11-9(10-3-6-13-14-10)7-8-1-4-12-5-2-8/h1-6,9H,7,11H2,(H,13,14). The van der Waals surface area contributed by atoms with Gasteiger partial charge in [-0.1, -0.05) is 0 Å². The zero-order valence-corrected chi connectivity index (χ0v) is 7.72. The minimum atomic E-state index is -0.0279. The van der Waals surface area contributed by atoms with Crippen molar-refractivity contribution in [2.45, 2.75) is 12.5 Å². The summed E-state index contributed by atoms with van der Waals surface area (Å²) < 4.78 is 0. The third-order valence-electron chi connectivity index (χ3n) is 2.13. The Balaban J connectivity index is 2.06. The van der Waals surface area contributed by atoms with Crippen LogP contribution in [0.25, 0.3) is 0 Å². The van der Waals surface area contributed by atoms with E-state index < -0.39 is 0 Å². The molecule has 0 radical (unpaired) electrons. The first-order chi connectivity index (χ1) is 6.86. The molecule has 0 aromatic carbocycles. The number of rotatable bonds is 3. The summed E-state index contributed by atoms with van der Waals surface area (Å²) in [6.07, 6.45) is 6.05. The van der Waals surface area contributed by atoms with Gasteiger partial charge in [-0.3, -0.25) is 10.1 Å². The summed E-state index contributed by atoms with van der Waals surface area (Å²) in [4.78, 5) is 3.95. The summed E-state index contributed by atoms with van der Waals surface area (Å²) >= 11 is 0. The van der Waals surface area contributed by atoms with Crippen molar-refractivity contribution < 1.29 is 0 Å². The first-order valence-electron chi connectivity index (χ1n) is 4.50. The maximum Gasteiger partial charge on any atom is 0.0522 e. The van der Waals surface area contributed by atoms with Gasteiger partial charge in [0, 0.05) is 18.6 Å². The molecule has 0 spiro atoms. The Hall–Kier alpha value is -1.68. The van der Waals surface area contributed by atoms with Crippen LogP contribution in [-0.4, -0.2) is 15.2 Å². The molecule has 2 aromatic heterocycles. The van der Waals surface area contributed by atoms with Gasteiger partial charge in [0.25, 0.3) is 0 Å². The highest BCUT2D eigenvalue weighted by atomic mass is 15.1. The van der Waals surface area contributed by atoms with Crippen LogP contribution >= 0.6 is 0 Å². The van der Waals surface area contributed by atoms with Crippen molar-refractivity contribution in [3.05, 3.63) is 48.0 Å². The Morgan fingerprint density at radius 2 is 2.00 bits per heavy atom. The fraction of sp³-hybridized carbons (Fsp3) is 0.200. The van der Waals surface area contributed by atoms with Crippen molar-refractivity contribution in [1.29, 1.82) is 0 Å². The van der Waals surface area contributed by atoms with E-state index in [1.54, 1.807) is 18.6 Å². The second kappa shape index (κ2) is 4.02. The molecule has 4 nitrogen and oxygen atoms in total. The zero-order chi connectivity index (χ0) is 9.80. The predicted molar refractivity (Wildman–Crippen MR) is 53.5 cm³/mol. The molecule has 0 fully saturated rings. The lowest BCUT2D eigenvalue weighted by molar-refractivity contribution is 0.691. The van der Waals surface area contributed by atoms with Crippen LogP contribution < -0.4 is 5.73 Å². The number of nitrogens with zero attached hydrogens (tertiary/aromatic N) is 2. The molecule has 0 saturated heterocycles. The van der Waals surface area contributed by atoms with Gasteiger partial charge in [-0.2, -0.15) is 5.10 Å². The number of aromatic nitrogens is 3. The molecule has 2 aromatic rings. The first kappa shape index (κ1) is 8.90. The molecule has 72 valence electrons. The highest BCUT2D eigenvalue weighted by molar-refractivity contribution is 5.15. The van der Waals surface area contributed by atoms with Crippen LogP contribution in [0.5, 0.6) is 0 Å². The summed E-state index contributed by atoms with van der Waals surface area (Å²) in [5.41, 5.74) is 8.12. The number of nitrogens with two attached hydrogens (primary N) is 1. The monoisotopic (exact) mass is 188 g/mol. The molecule has 0 aliphatic heterocycles. The van der Waals surface area contributed by atoms with Crippen LogP contribution in [0.3, 0.4) is 0 Å². The van der Waals surface area contributed by atoms with E-state index >= 15 is 0 Å². The molecule has 0 bridgehead atoms. The van der Waals surface area contributed by atoms with E-state index in [4.69, 9.17) is 5.73 Å².